The van der Waals surface area contributed by atoms with E-state index >= 15 is 0 Å². The monoisotopic (exact) mass is 497 g/mol. The number of ketones is 1. The van der Waals surface area contributed by atoms with Gasteiger partial charge < -0.3 is 10.6 Å². The topological polar surface area (TPSA) is 121 Å². The Balaban J connectivity index is 1.67. The van der Waals surface area contributed by atoms with Gasteiger partial charge in [-0.15, -0.1) is 10.2 Å². The van der Waals surface area contributed by atoms with Gasteiger partial charge >= 0.3 is 5.69 Å². The molecule has 0 saturated carbocycles. The molecule has 0 radical (unpaired) electrons. The summed E-state index contributed by atoms with van der Waals surface area (Å²) >= 11 is 1.20. The van der Waals surface area contributed by atoms with Crippen molar-refractivity contribution in [2.24, 2.45) is 13.0 Å². The SMILES string of the molecule is Cc1ccc(-n2c(SCC(=O)c3c(N)n(CC(C)C)c(=O)n(C)c3=O)nnc2N2CCCC2)cc1. The lowest BCUT2D eigenvalue weighted by Crippen LogP contribution is -2.43. The zero-order valence-electron chi connectivity index (χ0n) is 20.5. The number of Topliss-reactive ketones (excluding diaryl/α,β-unsaturated/α-hetero) is 1. The van der Waals surface area contributed by atoms with Gasteiger partial charge in [-0.1, -0.05) is 43.3 Å². The van der Waals surface area contributed by atoms with Gasteiger partial charge in [-0.2, -0.15) is 0 Å². The highest BCUT2D eigenvalue weighted by molar-refractivity contribution is 7.99. The maximum absolute atomic E-state index is 13.2. The molecule has 1 fully saturated rings. The largest absolute Gasteiger partial charge is 0.384 e. The molecular weight excluding hydrogens is 466 g/mol. The van der Waals surface area contributed by atoms with Crippen LogP contribution in [0, 0.1) is 12.8 Å². The van der Waals surface area contributed by atoms with Crippen LogP contribution in [0.5, 0.6) is 0 Å². The molecule has 11 heteroatoms. The van der Waals surface area contributed by atoms with E-state index in [9.17, 15) is 14.4 Å². The summed E-state index contributed by atoms with van der Waals surface area (Å²) in [4.78, 5) is 40.8. The third-order valence-electron chi connectivity index (χ3n) is 6.04. The van der Waals surface area contributed by atoms with Crippen molar-refractivity contribution in [3.05, 3.63) is 56.2 Å². The number of carbonyl (C=O) groups excluding carboxylic acids is 1. The Bertz CT molecular complexity index is 1350. The molecule has 2 N–H and O–H groups in total. The van der Waals surface area contributed by atoms with Crippen molar-refractivity contribution in [1.29, 1.82) is 0 Å². The highest BCUT2D eigenvalue weighted by Gasteiger charge is 2.25. The van der Waals surface area contributed by atoms with E-state index in [-0.39, 0.29) is 23.1 Å². The van der Waals surface area contributed by atoms with Gasteiger partial charge in [-0.25, -0.2) is 4.79 Å². The van der Waals surface area contributed by atoms with Gasteiger partial charge in [0.15, 0.2) is 10.9 Å². The molecule has 0 atom stereocenters. The molecule has 3 heterocycles. The average molecular weight is 498 g/mol. The van der Waals surface area contributed by atoms with Gasteiger partial charge in [0.05, 0.1) is 11.4 Å². The second-order valence-corrected chi connectivity index (χ2v) is 10.2. The Kier molecular flexibility index (Phi) is 7.15. The first-order chi connectivity index (χ1) is 16.7. The second-order valence-electron chi connectivity index (χ2n) is 9.27. The molecule has 1 aliphatic rings. The number of rotatable bonds is 8. The van der Waals surface area contributed by atoms with Crippen LogP contribution in [0.25, 0.3) is 5.69 Å². The number of aryl methyl sites for hydroxylation is 1. The van der Waals surface area contributed by atoms with Crippen molar-refractivity contribution in [2.45, 2.75) is 45.3 Å². The highest BCUT2D eigenvalue weighted by Crippen LogP contribution is 2.29. The molecule has 0 unspecified atom stereocenters. The summed E-state index contributed by atoms with van der Waals surface area (Å²) in [7, 11) is 1.36. The number of hydrogen-bond acceptors (Lipinski definition) is 8. The van der Waals surface area contributed by atoms with E-state index in [2.05, 4.69) is 15.1 Å². The predicted molar refractivity (Wildman–Crippen MR) is 138 cm³/mol. The molecule has 1 saturated heterocycles. The molecule has 2 aromatic heterocycles. The zero-order valence-corrected chi connectivity index (χ0v) is 21.3. The molecule has 1 aliphatic heterocycles. The summed E-state index contributed by atoms with van der Waals surface area (Å²) in [5.41, 5.74) is 6.83. The summed E-state index contributed by atoms with van der Waals surface area (Å²) in [5, 5.41) is 9.35. The maximum Gasteiger partial charge on any atom is 0.332 e. The number of hydrogen-bond donors (Lipinski definition) is 1. The molecule has 3 aromatic rings. The average Bonchev–Trinajstić information content (AvgIpc) is 3.49. The standard InChI is InChI=1S/C24H31N7O3S/c1-15(2)13-30-20(25)19(21(33)28(4)24(30)34)18(32)14-35-23-27-26-22(29-11-5-6-12-29)31(23)17-9-7-16(3)8-10-17/h7-10,15H,5-6,11-14,25H2,1-4H3. The van der Waals surface area contributed by atoms with Crippen LogP contribution in [-0.4, -0.2) is 48.5 Å². The lowest BCUT2D eigenvalue weighted by Gasteiger charge is -2.18. The number of thioether (sulfide) groups is 1. The van der Waals surface area contributed by atoms with E-state index < -0.39 is 17.0 Å². The molecule has 1 aromatic carbocycles. The van der Waals surface area contributed by atoms with Crippen molar-refractivity contribution in [2.75, 3.05) is 29.5 Å². The fraction of sp³-hybridized carbons (Fsp3) is 0.458. The van der Waals surface area contributed by atoms with Gasteiger partial charge in [-0.05, 0) is 37.8 Å². The first-order valence-electron chi connectivity index (χ1n) is 11.7. The summed E-state index contributed by atoms with van der Waals surface area (Å²) < 4.78 is 4.19. The molecule has 0 spiro atoms. The molecule has 35 heavy (non-hydrogen) atoms. The van der Waals surface area contributed by atoms with Crippen molar-refractivity contribution in [3.8, 4) is 5.69 Å². The normalized spacial score (nSPS) is 13.7. The number of carbonyl (C=O) groups is 1. The van der Waals surface area contributed by atoms with Gasteiger partial charge in [0.1, 0.15) is 11.4 Å². The van der Waals surface area contributed by atoms with Crippen LogP contribution in [-0.2, 0) is 13.6 Å². The van der Waals surface area contributed by atoms with E-state index in [0.29, 0.717) is 11.7 Å². The zero-order chi connectivity index (χ0) is 25.3. The number of aromatic nitrogens is 5. The van der Waals surface area contributed by atoms with Crippen molar-refractivity contribution < 1.29 is 4.79 Å². The maximum atomic E-state index is 13.2. The van der Waals surface area contributed by atoms with E-state index in [4.69, 9.17) is 5.73 Å². The quantitative estimate of drug-likeness (QED) is 0.372. The molecule has 0 bridgehead atoms. The molecule has 0 aliphatic carbocycles. The summed E-state index contributed by atoms with van der Waals surface area (Å²) in [5.74, 6) is 0.245. The Morgan fingerprint density at radius 1 is 1.11 bits per heavy atom. The third kappa shape index (κ3) is 4.90. The van der Waals surface area contributed by atoms with Crippen molar-refractivity contribution >= 4 is 29.3 Å². The van der Waals surface area contributed by atoms with Crippen molar-refractivity contribution in [1.82, 2.24) is 23.9 Å². The minimum Gasteiger partial charge on any atom is -0.384 e. The number of anilines is 2. The molecule has 4 rings (SSSR count). The summed E-state index contributed by atoms with van der Waals surface area (Å²) in [6, 6.07) is 8.04. The van der Waals surface area contributed by atoms with E-state index in [1.165, 1.54) is 23.4 Å². The third-order valence-corrected chi connectivity index (χ3v) is 6.97. The fourth-order valence-corrected chi connectivity index (χ4v) is 5.01. The first kappa shape index (κ1) is 24.8. The molecule has 186 valence electrons. The van der Waals surface area contributed by atoms with E-state index in [1.54, 1.807) is 0 Å². The number of benzene rings is 1. The van der Waals surface area contributed by atoms with Crippen LogP contribution in [0.1, 0.15) is 42.6 Å². The number of nitrogens with two attached hydrogens (primary N) is 1. The van der Waals surface area contributed by atoms with Crippen LogP contribution in [0.2, 0.25) is 0 Å². The van der Waals surface area contributed by atoms with Crippen LogP contribution in [0.4, 0.5) is 11.8 Å². The van der Waals surface area contributed by atoms with Gasteiger partial charge in [0.2, 0.25) is 5.95 Å². The van der Waals surface area contributed by atoms with Crippen molar-refractivity contribution in [3.63, 3.8) is 0 Å². The van der Waals surface area contributed by atoms with E-state index in [1.807, 2.05) is 49.6 Å². The smallest absolute Gasteiger partial charge is 0.332 e. The predicted octanol–water partition coefficient (Wildman–Crippen LogP) is 2.25. The van der Waals surface area contributed by atoms with Crippen LogP contribution in [0.15, 0.2) is 39.0 Å². The van der Waals surface area contributed by atoms with Gasteiger partial charge in [0.25, 0.3) is 5.56 Å². The van der Waals surface area contributed by atoms with Gasteiger partial charge in [0, 0.05) is 26.7 Å². The Morgan fingerprint density at radius 2 is 1.77 bits per heavy atom. The van der Waals surface area contributed by atoms with Crippen LogP contribution in [0.3, 0.4) is 0 Å². The Hall–Kier alpha value is -3.34. The highest BCUT2D eigenvalue weighted by atomic mass is 32.2. The van der Waals surface area contributed by atoms with Crippen LogP contribution < -0.4 is 21.9 Å². The van der Waals surface area contributed by atoms with Gasteiger partial charge in [-0.3, -0.25) is 23.3 Å². The molecule has 10 nitrogen and oxygen atoms in total. The minimum atomic E-state index is -0.684. The number of nitrogens with zero attached hydrogens (tertiary/aromatic N) is 6. The van der Waals surface area contributed by atoms with Crippen LogP contribution >= 0.6 is 11.8 Å². The van der Waals surface area contributed by atoms with E-state index in [0.717, 1.165) is 47.7 Å². The minimum absolute atomic E-state index is 0.0662. The Morgan fingerprint density at radius 3 is 2.40 bits per heavy atom. The first-order valence-corrected chi connectivity index (χ1v) is 12.7. The second kappa shape index (κ2) is 10.1. The Labute approximate surface area is 207 Å². The number of nitrogen functional groups attached to an aromatic ring is 1. The summed E-state index contributed by atoms with van der Waals surface area (Å²) in [6.07, 6.45) is 2.19. The molecule has 0 amide bonds. The lowest BCUT2D eigenvalue weighted by molar-refractivity contribution is 0.102. The molecular formula is C24H31N7O3S. The lowest BCUT2D eigenvalue weighted by atomic mass is 10.2. The fourth-order valence-electron chi connectivity index (χ4n) is 4.19. The summed E-state index contributed by atoms with van der Waals surface area (Å²) in [6.45, 7) is 8.01.